The zero-order valence-electron chi connectivity index (χ0n) is 33.6. The number of hydrogen-bond donors (Lipinski definition) is 2. The van der Waals surface area contributed by atoms with E-state index in [-0.39, 0.29) is 43.5 Å². The van der Waals surface area contributed by atoms with E-state index in [0.29, 0.717) is 48.7 Å². The van der Waals surface area contributed by atoms with Gasteiger partial charge < -0.3 is 40.1 Å². The van der Waals surface area contributed by atoms with Crippen molar-refractivity contribution in [3.05, 3.63) is 137 Å². The van der Waals surface area contributed by atoms with Crippen LogP contribution in [0, 0.1) is 0 Å². The Morgan fingerprint density at radius 2 is 1.48 bits per heavy atom. The molecule has 5 aromatic carbocycles. The zero-order chi connectivity index (χ0) is 41.2. The molecule has 0 spiro atoms. The number of ether oxygens (including phenoxy) is 2. The van der Waals surface area contributed by atoms with Gasteiger partial charge in [0.15, 0.2) is 6.61 Å². The molecule has 58 heavy (non-hydrogen) atoms. The van der Waals surface area contributed by atoms with E-state index in [1.165, 1.54) is 4.90 Å². The molecule has 0 bridgehead atoms. The molecule has 1 unspecified atom stereocenters. The Balaban J connectivity index is 1.20. The lowest BCUT2D eigenvalue weighted by atomic mass is 9.88. The van der Waals surface area contributed by atoms with Crippen molar-refractivity contribution in [3.8, 4) is 11.5 Å². The molecule has 1 aliphatic heterocycles. The van der Waals surface area contributed by atoms with Gasteiger partial charge in [-0.1, -0.05) is 60.7 Å². The number of hydrogen-bond acceptors (Lipinski definition) is 8. The van der Waals surface area contributed by atoms with Gasteiger partial charge in [0.2, 0.25) is 5.91 Å². The molecule has 4 amide bonds. The highest BCUT2D eigenvalue weighted by Gasteiger charge is 2.34. The number of carbonyl (C=O) groups excluding carboxylic acids is 4. The Kier molecular flexibility index (Phi) is 13.8. The number of nitrogens with one attached hydrogen (secondary N) is 1. The van der Waals surface area contributed by atoms with Crippen molar-refractivity contribution in [2.24, 2.45) is 5.73 Å². The van der Waals surface area contributed by atoms with Crippen molar-refractivity contribution < 1.29 is 28.7 Å². The summed E-state index contributed by atoms with van der Waals surface area (Å²) < 4.78 is 11.8. The second-order valence-electron chi connectivity index (χ2n) is 15.1. The molecule has 0 saturated carbocycles. The molecular formula is C46H52N6O6. The summed E-state index contributed by atoms with van der Waals surface area (Å²) in [4.78, 5) is 60.0. The van der Waals surface area contributed by atoms with Crippen LogP contribution < -0.4 is 20.5 Å². The molecule has 0 aliphatic carbocycles. The third kappa shape index (κ3) is 11.0. The SMILES string of the molecule is CN(C)CCCOc1ccc(C2Cc3ccc(NC(=O)COc4ccc5ccccc5c4)cc3C(=O)N2Cc2ccc(C(=O)N(CCN(C)C)CC(N)=O)cc2)cc1. The average Bonchev–Trinajstić information content (AvgIpc) is 3.21. The van der Waals surface area contributed by atoms with Gasteiger partial charge in [0.1, 0.15) is 11.5 Å². The Morgan fingerprint density at radius 1 is 0.776 bits per heavy atom. The number of primary amides is 1. The highest BCUT2D eigenvalue weighted by Crippen LogP contribution is 2.36. The van der Waals surface area contributed by atoms with E-state index < -0.39 is 5.91 Å². The molecule has 302 valence electrons. The van der Waals surface area contributed by atoms with E-state index >= 15 is 0 Å². The van der Waals surface area contributed by atoms with Crippen LogP contribution in [0.3, 0.4) is 0 Å². The Morgan fingerprint density at radius 3 is 2.19 bits per heavy atom. The van der Waals surface area contributed by atoms with Crippen molar-refractivity contribution in [3.63, 3.8) is 0 Å². The van der Waals surface area contributed by atoms with Gasteiger partial charge in [-0.2, -0.15) is 0 Å². The minimum absolute atomic E-state index is 0.183. The maximum absolute atomic E-state index is 14.5. The number of nitrogens with two attached hydrogens (primary N) is 1. The summed E-state index contributed by atoms with van der Waals surface area (Å²) in [5.74, 6) is -0.0624. The van der Waals surface area contributed by atoms with Crippen molar-refractivity contribution in [1.82, 2.24) is 19.6 Å². The number of amides is 4. The Bertz CT molecular complexity index is 2220. The first-order valence-corrected chi connectivity index (χ1v) is 19.5. The van der Waals surface area contributed by atoms with Gasteiger partial charge in [0.05, 0.1) is 19.2 Å². The van der Waals surface area contributed by atoms with Crippen molar-refractivity contribution >= 4 is 40.1 Å². The normalized spacial score (nSPS) is 13.7. The fourth-order valence-corrected chi connectivity index (χ4v) is 6.98. The van der Waals surface area contributed by atoms with E-state index in [2.05, 4.69) is 10.2 Å². The molecule has 1 atom stereocenters. The molecule has 6 rings (SSSR count). The van der Waals surface area contributed by atoms with Gasteiger partial charge >= 0.3 is 0 Å². The molecule has 3 N–H and O–H groups in total. The number of rotatable bonds is 18. The second-order valence-corrected chi connectivity index (χ2v) is 15.1. The van der Waals surface area contributed by atoms with Crippen molar-refractivity contribution in [2.45, 2.75) is 25.4 Å². The summed E-state index contributed by atoms with van der Waals surface area (Å²) in [7, 11) is 7.86. The third-order valence-electron chi connectivity index (χ3n) is 10.1. The molecule has 0 fully saturated rings. The van der Waals surface area contributed by atoms with Gasteiger partial charge in [-0.15, -0.1) is 0 Å². The standard InChI is InChI=1S/C46H52N6O6/c1-49(2)22-7-25-57-39-19-16-34(17-20-39)42-27-37-14-18-38(48-44(54)31-58-40-21-15-33-8-5-6-9-36(33)26-40)28-41(37)46(56)52(42)29-32-10-12-35(13-11-32)45(55)51(30-43(47)53)24-23-50(3)4/h5-6,8-21,26,28,42H,7,22-25,27,29-31H2,1-4H3,(H2,47,53)(H,48,54). The predicted octanol–water partition coefficient (Wildman–Crippen LogP) is 5.62. The fourth-order valence-electron chi connectivity index (χ4n) is 6.98. The highest BCUT2D eigenvalue weighted by atomic mass is 16.5. The number of benzene rings is 5. The molecule has 12 heteroatoms. The molecule has 12 nitrogen and oxygen atoms in total. The van der Waals surface area contributed by atoms with E-state index in [9.17, 15) is 19.2 Å². The lowest BCUT2D eigenvalue weighted by molar-refractivity contribution is -0.119. The van der Waals surface area contributed by atoms with Gasteiger partial charge in [0.25, 0.3) is 17.7 Å². The molecule has 1 aliphatic rings. The summed E-state index contributed by atoms with van der Waals surface area (Å²) in [5, 5.41) is 4.99. The highest BCUT2D eigenvalue weighted by molar-refractivity contribution is 6.00. The molecule has 0 aromatic heterocycles. The van der Waals surface area contributed by atoms with E-state index in [1.807, 2.05) is 129 Å². The Hall–Kier alpha value is -6.24. The molecule has 5 aromatic rings. The number of anilines is 1. The van der Waals surface area contributed by atoms with Crippen LogP contribution in [0.15, 0.2) is 109 Å². The van der Waals surface area contributed by atoms with Crippen LogP contribution in [-0.2, 0) is 22.6 Å². The first-order chi connectivity index (χ1) is 27.9. The molecule has 1 heterocycles. The fraction of sp³-hybridized carbons (Fsp3) is 0.304. The number of carbonyl (C=O) groups is 4. The molecular weight excluding hydrogens is 733 g/mol. The molecule has 0 radical (unpaired) electrons. The van der Waals surface area contributed by atoms with Crippen LogP contribution in [0.5, 0.6) is 11.5 Å². The van der Waals surface area contributed by atoms with Crippen LogP contribution >= 0.6 is 0 Å². The zero-order valence-corrected chi connectivity index (χ0v) is 33.6. The summed E-state index contributed by atoms with van der Waals surface area (Å²) in [6.07, 6.45) is 1.45. The van der Waals surface area contributed by atoms with Gasteiger partial charge in [-0.3, -0.25) is 19.2 Å². The summed E-state index contributed by atoms with van der Waals surface area (Å²) in [6, 6.07) is 33.7. The van der Waals surface area contributed by atoms with Gasteiger partial charge in [0, 0.05) is 43.0 Å². The van der Waals surface area contributed by atoms with Crippen molar-refractivity contribution in [1.29, 1.82) is 0 Å². The minimum atomic E-state index is -0.584. The van der Waals surface area contributed by atoms with E-state index in [4.69, 9.17) is 15.2 Å². The maximum Gasteiger partial charge on any atom is 0.262 e. The summed E-state index contributed by atoms with van der Waals surface area (Å²) in [5.41, 5.74) is 9.52. The lowest BCUT2D eigenvalue weighted by Gasteiger charge is -2.37. The van der Waals surface area contributed by atoms with Crippen LogP contribution in [0.4, 0.5) is 5.69 Å². The van der Waals surface area contributed by atoms with E-state index in [1.54, 1.807) is 18.2 Å². The summed E-state index contributed by atoms with van der Waals surface area (Å²) in [6.45, 7) is 2.34. The van der Waals surface area contributed by atoms with Gasteiger partial charge in [-0.05, 0) is 117 Å². The van der Waals surface area contributed by atoms with Crippen LogP contribution in [0.25, 0.3) is 10.8 Å². The predicted molar refractivity (Wildman–Crippen MR) is 226 cm³/mol. The first kappa shape index (κ1) is 41.4. The number of fused-ring (bicyclic) bond motifs is 2. The van der Waals surface area contributed by atoms with Crippen LogP contribution in [0.1, 0.15) is 49.9 Å². The summed E-state index contributed by atoms with van der Waals surface area (Å²) >= 11 is 0. The number of likely N-dealkylation sites (N-methyl/N-ethyl adjacent to an activating group) is 1. The first-order valence-electron chi connectivity index (χ1n) is 19.5. The largest absolute Gasteiger partial charge is 0.494 e. The smallest absolute Gasteiger partial charge is 0.262 e. The molecule has 0 saturated heterocycles. The van der Waals surface area contributed by atoms with Crippen molar-refractivity contribution in [2.75, 3.05) is 72.9 Å². The van der Waals surface area contributed by atoms with E-state index in [0.717, 1.165) is 46.2 Å². The lowest BCUT2D eigenvalue weighted by Crippen LogP contribution is -2.42. The van der Waals surface area contributed by atoms with Crippen LogP contribution in [-0.4, -0.2) is 111 Å². The monoisotopic (exact) mass is 784 g/mol. The number of nitrogens with zero attached hydrogens (tertiary/aromatic N) is 4. The topological polar surface area (TPSA) is 138 Å². The Labute approximate surface area is 340 Å². The maximum atomic E-state index is 14.5. The second kappa shape index (κ2) is 19.3. The average molecular weight is 785 g/mol. The quantitative estimate of drug-likeness (QED) is 0.109. The van der Waals surface area contributed by atoms with Gasteiger partial charge in [-0.25, -0.2) is 0 Å². The third-order valence-corrected chi connectivity index (χ3v) is 10.1. The van der Waals surface area contributed by atoms with Crippen LogP contribution in [0.2, 0.25) is 0 Å². The minimum Gasteiger partial charge on any atom is -0.494 e.